The molecule has 0 aromatic heterocycles. The largest absolute Gasteiger partial charge is 0.366 e. The SMILES string of the molecule is CN1C(=O)C(NC(=O)[C@@H](Cc2ccccc2)N(C)C)N=C(c2ccc(C(N)=O)cc2)c2ccccc21. The number of rotatable bonds is 7. The summed E-state index contributed by atoms with van der Waals surface area (Å²) in [7, 11) is 5.33. The Labute approximate surface area is 210 Å². The van der Waals surface area contributed by atoms with Gasteiger partial charge in [0.15, 0.2) is 0 Å². The van der Waals surface area contributed by atoms with Crippen LogP contribution < -0.4 is 16.0 Å². The van der Waals surface area contributed by atoms with Crippen molar-refractivity contribution in [3.05, 3.63) is 101 Å². The van der Waals surface area contributed by atoms with Crippen LogP contribution in [0, 0.1) is 0 Å². The van der Waals surface area contributed by atoms with E-state index in [2.05, 4.69) is 5.32 Å². The van der Waals surface area contributed by atoms with Crippen molar-refractivity contribution in [3.63, 3.8) is 0 Å². The van der Waals surface area contributed by atoms with Gasteiger partial charge in [0.05, 0.1) is 17.4 Å². The average Bonchev–Trinajstić information content (AvgIpc) is 2.98. The number of nitrogens with two attached hydrogens (primary N) is 1. The van der Waals surface area contributed by atoms with Gasteiger partial charge in [-0.1, -0.05) is 60.7 Å². The number of benzodiazepines with no additional fused rings is 1. The van der Waals surface area contributed by atoms with Crippen LogP contribution in [-0.4, -0.2) is 61.7 Å². The second kappa shape index (κ2) is 10.5. The Morgan fingerprint density at radius 2 is 1.64 bits per heavy atom. The second-order valence-electron chi connectivity index (χ2n) is 8.91. The molecule has 3 N–H and O–H groups in total. The van der Waals surface area contributed by atoms with Gasteiger partial charge in [-0.25, -0.2) is 4.99 Å². The van der Waals surface area contributed by atoms with Gasteiger partial charge in [-0.05, 0) is 44.3 Å². The van der Waals surface area contributed by atoms with Gasteiger partial charge in [-0.3, -0.25) is 19.3 Å². The van der Waals surface area contributed by atoms with E-state index in [-0.39, 0.29) is 11.8 Å². The normalized spacial score (nSPS) is 16.1. The zero-order valence-electron chi connectivity index (χ0n) is 20.5. The predicted molar refractivity (Wildman–Crippen MR) is 140 cm³/mol. The molecule has 4 rings (SSSR count). The van der Waals surface area contributed by atoms with E-state index in [9.17, 15) is 14.4 Å². The van der Waals surface area contributed by atoms with Crippen molar-refractivity contribution < 1.29 is 14.4 Å². The van der Waals surface area contributed by atoms with E-state index < -0.39 is 18.1 Å². The highest BCUT2D eigenvalue weighted by Crippen LogP contribution is 2.27. The quantitative estimate of drug-likeness (QED) is 0.537. The molecule has 36 heavy (non-hydrogen) atoms. The van der Waals surface area contributed by atoms with E-state index in [0.717, 1.165) is 11.1 Å². The molecule has 8 nitrogen and oxygen atoms in total. The van der Waals surface area contributed by atoms with Gasteiger partial charge < -0.3 is 16.0 Å². The Kier molecular flexibility index (Phi) is 7.26. The topological polar surface area (TPSA) is 108 Å². The van der Waals surface area contributed by atoms with Crippen LogP contribution in [0.4, 0.5) is 5.69 Å². The number of hydrogen-bond donors (Lipinski definition) is 2. The Balaban J connectivity index is 1.71. The van der Waals surface area contributed by atoms with Crippen LogP contribution in [0.3, 0.4) is 0 Å². The number of nitrogens with one attached hydrogen (secondary N) is 1. The molecule has 0 radical (unpaired) electrons. The maximum Gasteiger partial charge on any atom is 0.272 e. The van der Waals surface area contributed by atoms with Crippen molar-refractivity contribution in [2.45, 2.75) is 18.6 Å². The zero-order valence-corrected chi connectivity index (χ0v) is 20.5. The van der Waals surface area contributed by atoms with Gasteiger partial charge in [0, 0.05) is 23.7 Å². The lowest BCUT2D eigenvalue weighted by Gasteiger charge is -2.26. The zero-order chi connectivity index (χ0) is 25.8. The smallest absolute Gasteiger partial charge is 0.272 e. The van der Waals surface area contributed by atoms with Gasteiger partial charge in [0.25, 0.3) is 5.91 Å². The Bertz CT molecular complexity index is 1300. The van der Waals surface area contributed by atoms with E-state index in [0.29, 0.717) is 28.9 Å². The van der Waals surface area contributed by atoms with Crippen LogP contribution in [0.5, 0.6) is 0 Å². The number of nitrogens with zero attached hydrogens (tertiary/aromatic N) is 3. The van der Waals surface area contributed by atoms with Gasteiger partial charge >= 0.3 is 0 Å². The van der Waals surface area contributed by atoms with Gasteiger partial charge in [0.2, 0.25) is 18.0 Å². The summed E-state index contributed by atoms with van der Waals surface area (Å²) in [6, 6.07) is 23.4. The molecule has 0 saturated carbocycles. The maximum absolute atomic E-state index is 13.4. The van der Waals surface area contributed by atoms with E-state index in [4.69, 9.17) is 10.7 Å². The minimum Gasteiger partial charge on any atom is -0.366 e. The molecule has 8 heteroatoms. The first kappa shape index (κ1) is 24.8. The van der Waals surface area contributed by atoms with Gasteiger partial charge in [0.1, 0.15) is 0 Å². The van der Waals surface area contributed by atoms with Crippen LogP contribution in [-0.2, 0) is 16.0 Å². The molecule has 0 spiro atoms. The number of fused-ring (bicyclic) bond motifs is 1. The average molecular weight is 484 g/mol. The summed E-state index contributed by atoms with van der Waals surface area (Å²) >= 11 is 0. The highest BCUT2D eigenvalue weighted by Gasteiger charge is 2.33. The molecule has 1 unspecified atom stereocenters. The van der Waals surface area contributed by atoms with Crippen molar-refractivity contribution in [1.29, 1.82) is 0 Å². The number of aliphatic imine (C=N–C) groups is 1. The third-order valence-corrected chi connectivity index (χ3v) is 6.26. The molecule has 3 aromatic rings. The first-order chi connectivity index (χ1) is 17.3. The molecule has 1 aliphatic rings. The highest BCUT2D eigenvalue weighted by atomic mass is 16.2. The highest BCUT2D eigenvalue weighted by molar-refractivity contribution is 6.20. The summed E-state index contributed by atoms with van der Waals surface area (Å²) in [5, 5.41) is 2.87. The molecule has 0 aliphatic carbocycles. The van der Waals surface area contributed by atoms with Crippen molar-refractivity contribution in [2.75, 3.05) is 26.0 Å². The number of amides is 3. The number of hydrogen-bond acceptors (Lipinski definition) is 5. The Morgan fingerprint density at radius 3 is 2.28 bits per heavy atom. The van der Waals surface area contributed by atoms with Crippen molar-refractivity contribution in [2.24, 2.45) is 10.7 Å². The molecule has 3 aromatic carbocycles. The number of benzene rings is 3. The third kappa shape index (κ3) is 5.18. The summed E-state index contributed by atoms with van der Waals surface area (Å²) in [4.78, 5) is 46.5. The fraction of sp³-hybridized carbons (Fsp3) is 0.214. The molecule has 184 valence electrons. The number of carbonyl (C=O) groups is 3. The molecular formula is C28H29N5O3. The fourth-order valence-corrected chi connectivity index (χ4v) is 4.22. The molecular weight excluding hydrogens is 454 g/mol. The van der Waals surface area contributed by atoms with E-state index >= 15 is 0 Å². The third-order valence-electron chi connectivity index (χ3n) is 6.26. The van der Waals surface area contributed by atoms with Gasteiger partial charge in [-0.15, -0.1) is 0 Å². The summed E-state index contributed by atoms with van der Waals surface area (Å²) in [5.74, 6) is -1.18. The van der Waals surface area contributed by atoms with Gasteiger partial charge in [-0.2, -0.15) is 0 Å². The summed E-state index contributed by atoms with van der Waals surface area (Å²) in [6.07, 6.45) is -0.638. The van der Waals surface area contributed by atoms with E-state index in [1.807, 2.05) is 73.6 Å². The summed E-state index contributed by atoms with van der Waals surface area (Å²) in [6.45, 7) is 0. The van der Waals surface area contributed by atoms with Crippen LogP contribution in [0.2, 0.25) is 0 Å². The van der Waals surface area contributed by atoms with E-state index in [1.54, 1.807) is 31.3 Å². The van der Waals surface area contributed by atoms with Crippen LogP contribution >= 0.6 is 0 Å². The minimum absolute atomic E-state index is 0.297. The first-order valence-electron chi connectivity index (χ1n) is 11.6. The predicted octanol–water partition coefficient (Wildman–Crippen LogP) is 2.21. The number of likely N-dealkylation sites (N-methyl/N-ethyl adjacent to an activating group) is 2. The lowest BCUT2D eigenvalue weighted by Crippen LogP contribution is -2.52. The molecule has 0 fully saturated rings. The number of primary amides is 1. The minimum atomic E-state index is -1.13. The first-order valence-corrected chi connectivity index (χ1v) is 11.6. The second-order valence-corrected chi connectivity index (χ2v) is 8.91. The lowest BCUT2D eigenvalue weighted by molar-refractivity contribution is -0.130. The van der Waals surface area contributed by atoms with Crippen molar-refractivity contribution in [3.8, 4) is 0 Å². The standard InChI is InChI=1S/C28H29N5O3/c1-32(2)23(17-18-9-5-4-6-10-18)27(35)31-26-28(36)33(3)22-12-8-7-11-21(22)24(30-26)19-13-15-20(16-14-19)25(29)34/h4-16,23,26H,17H2,1-3H3,(H2,29,34)(H,31,35)/t23-,26?/m1/s1. The van der Waals surface area contributed by atoms with Crippen molar-refractivity contribution >= 4 is 29.1 Å². The molecule has 0 bridgehead atoms. The molecule has 3 amide bonds. The lowest BCUT2D eigenvalue weighted by atomic mass is 9.99. The van der Waals surface area contributed by atoms with E-state index in [1.165, 1.54) is 4.90 Å². The fourth-order valence-electron chi connectivity index (χ4n) is 4.22. The number of para-hydroxylation sites is 1. The number of anilines is 1. The van der Waals surface area contributed by atoms with Crippen LogP contribution in [0.25, 0.3) is 0 Å². The number of carbonyl (C=O) groups excluding carboxylic acids is 3. The van der Waals surface area contributed by atoms with Crippen LogP contribution in [0.1, 0.15) is 27.0 Å². The van der Waals surface area contributed by atoms with Crippen LogP contribution in [0.15, 0.2) is 83.9 Å². The Hall–Kier alpha value is -4.30. The maximum atomic E-state index is 13.4. The molecule has 2 atom stereocenters. The molecule has 1 aliphatic heterocycles. The summed E-state index contributed by atoms with van der Waals surface area (Å²) in [5.41, 5.74) is 9.42. The van der Waals surface area contributed by atoms with Crippen molar-refractivity contribution in [1.82, 2.24) is 10.2 Å². The molecule has 0 saturated heterocycles. The summed E-state index contributed by atoms with van der Waals surface area (Å²) < 4.78 is 0. The Morgan fingerprint density at radius 1 is 1.00 bits per heavy atom. The molecule has 1 heterocycles. The monoisotopic (exact) mass is 483 g/mol.